The molecule has 0 saturated heterocycles. The first-order chi connectivity index (χ1) is 16.7. The smallest absolute Gasteiger partial charge is 0.272 e. The van der Waals surface area contributed by atoms with Gasteiger partial charge >= 0.3 is 0 Å². The maximum atomic E-state index is 13.2. The molecular formula is C25H26N6O3. The second kappa shape index (κ2) is 11.2. The van der Waals surface area contributed by atoms with Crippen LogP contribution in [-0.2, 0) is 11.3 Å². The number of anilines is 1. The molecule has 0 aliphatic heterocycles. The van der Waals surface area contributed by atoms with Crippen molar-refractivity contribution in [3.05, 3.63) is 83.9 Å². The third kappa shape index (κ3) is 5.44. The summed E-state index contributed by atoms with van der Waals surface area (Å²) in [4.78, 5) is 30.1. The number of nitrogens with one attached hydrogen (secondary N) is 2. The van der Waals surface area contributed by atoms with Crippen LogP contribution in [0.5, 0.6) is 0 Å². The predicted octanol–water partition coefficient (Wildman–Crippen LogP) is 3.28. The van der Waals surface area contributed by atoms with Crippen molar-refractivity contribution < 1.29 is 14.3 Å². The van der Waals surface area contributed by atoms with E-state index in [0.717, 1.165) is 22.8 Å². The molecule has 2 N–H and O–H groups in total. The van der Waals surface area contributed by atoms with Crippen LogP contribution in [0.15, 0.2) is 67.1 Å². The van der Waals surface area contributed by atoms with Crippen molar-refractivity contribution in [3.63, 3.8) is 0 Å². The van der Waals surface area contributed by atoms with Gasteiger partial charge in [-0.05, 0) is 41.0 Å². The van der Waals surface area contributed by atoms with Crippen molar-refractivity contribution in [1.29, 1.82) is 0 Å². The van der Waals surface area contributed by atoms with Gasteiger partial charge in [-0.25, -0.2) is 9.67 Å². The van der Waals surface area contributed by atoms with Crippen molar-refractivity contribution >= 4 is 28.3 Å². The number of rotatable bonds is 10. The van der Waals surface area contributed by atoms with Crippen LogP contribution in [-0.4, -0.2) is 51.6 Å². The monoisotopic (exact) mass is 458 g/mol. The number of fused-ring (bicyclic) bond motifs is 1. The number of carbonyl (C=O) groups excluding carboxylic acids is 2. The molecule has 0 bridgehead atoms. The second-order valence-corrected chi connectivity index (χ2v) is 7.64. The number of hydrogen-bond acceptors (Lipinski definition) is 6. The molecule has 0 spiro atoms. The van der Waals surface area contributed by atoms with Crippen molar-refractivity contribution in [3.8, 4) is 0 Å². The molecule has 34 heavy (non-hydrogen) atoms. The van der Waals surface area contributed by atoms with Crippen molar-refractivity contribution in [2.75, 3.05) is 25.1 Å². The van der Waals surface area contributed by atoms with Crippen LogP contribution in [0, 0.1) is 0 Å². The standard InChI is InChI=1S/C25H26N6O3/c1-2-15-34-16-13-27-25(33)23-22(8-5-11-26-23)29-24(32)21-10-9-18(17-31-14-12-28-30-31)19-6-3-4-7-20(19)21/h3-12,14H,2,13,15-17H2,1H3,(H,27,33)(H,29,32). The topological polar surface area (TPSA) is 111 Å². The first-order valence-electron chi connectivity index (χ1n) is 11.1. The minimum Gasteiger partial charge on any atom is -0.380 e. The summed E-state index contributed by atoms with van der Waals surface area (Å²) in [7, 11) is 0. The fraction of sp³-hybridized carbons (Fsp3) is 0.240. The van der Waals surface area contributed by atoms with Gasteiger partial charge in [-0.2, -0.15) is 0 Å². The van der Waals surface area contributed by atoms with Crippen molar-refractivity contribution in [2.24, 2.45) is 0 Å². The molecule has 0 fully saturated rings. The lowest BCUT2D eigenvalue weighted by Crippen LogP contribution is -2.29. The Labute approximate surface area is 197 Å². The van der Waals surface area contributed by atoms with Gasteiger partial charge in [0.05, 0.1) is 25.0 Å². The summed E-state index contributed by atoms with van der Waals surface area (Å²) >= 11 is 0. The maximum absolute atomic E-state index is 13.2. The first-order valence-corrected chi connectivity index (χ1v) is 11.1. The Hall–Kier alpha value is -4.11. The van der Waals surface area contributed by atoms with E-state index in [-0.39, 0.29) is 17.5 Å². The molecule has 2 amide bonds. The number of aromatic nitrogens is 4. The highest BCUT2D eigenvalue weighted by Gasteiger charge is 2.17. The van der Waals surface area contributed by atoms with E-state index in [1.807, 2.05) is 37.3 Å². The quantitative estimate of drug-likeness (QED) is 0.353. The lowest BCUT2D eigenvalue weighted by atomic mass is 9.99. The fourth-order valence-electron chi connectivity index (χ4n) is 3.63. The Morgan fingerprint density at radius 3 is 2.62 bits per heavy atom. The minimum atomic E-state index is -0.371. The highest BCUT2D eigenvalue weighted by molar-refractivity contribution is 6.15. The molecule has 4 rings (SSSR count). The van der Waals surface area contributed by atoms with Crippen molar-refractivity contribution in [2.45, 2.75) is 19.9 Å². The van der Waals surface area contributed by atoms with Crippen LogP contribution in [0.3, 0.4) is 0 Å². The molecule has 2 aromatic carbocycles. The number of carbonyl (C=O) groups is 2. The molecule has 4 aromatic rings. The van der Waals surface area contributed by atoms with E-state index in [4.69, 9.17) is 4.74 Å². The molecular weight excluding hydrogens is 432 g/mol. The fourth-order valence-corrected chi connectivity index (χ4v) is 3.63. The lowest BCUT2D eigenvalue weighted by molar-refractivity contribution is 0.0911. The van der Waals surface area contributed by atoms with Gasteiger partial charge in [-0.1, -0.05) is 42.5 Å². The summed E-state index contributed by atoms with van der Waals surface area (Å²) in [5.41, 5.74) is 2.01. The molecule has 0 radical (unpaired) electrons. The van der Waals surface area contributed by atoms with Gasteiger partial charge < -0.3 is 15.4 Å². The normalized spacial score (nSPS) is 10.9. The van der Waals surface area contributed by atoms with Crippen LogP contribution >= 0.6 is 0 Å². The van der Waals surface area contributed by atoms with E-state index in [0.29, 0.717) is 37.6 Å². The first kappa shape index (κ1) is 23.1. The van der Waals surface area contributed by atoms with E-state index < -0.39 is 0 Å². The molecule has 2 heterocycles. The predicted molar refractivity (Wildman–Crippen MR) is 129 cm³/mol. The third-order valence-corrected chi connectivity index (χ3v) is 5.21. The number of nitrogens with zero attached hydrogens (tertiary/aromatic N) is 4. The molecule has 0 saturated carbocycles. The highest BCUT2D eigenvalue weighted by Crippen LogP contribution is 2.25. The van der Waals surface area contributed by atoms with Gasteiger partial charge in [0.15, 0.2) is 5.69 Å². The number of benzene rings is 2. The van der Waals surface area contributed by atoms with Gasteiger partial charge in [-0.15, -0.1) is 5.10 Å². The van der Waals surface area contributed by atoms with E-state index >= 15 is 0 Å². The van der Waals surface area contributed by atoms with Crippen molar-refractivity contribution in [1.82, 2.24) is 25.3 Å². The van der Waals surface area contributed by atoms with E-state index in [1.54, 1.807) is 35.3 Å². The largest absolute Gasteiger partial charge is 0.380 e. The average Bonchev–Trinajstić information content (AvgIpc) is 3.37. The molecule has 0 atom stereocenters. The summed E-state index contributed by atoms with van der Waals surface area (Å²) in [6.07, 6.45) is 5.86. The van der Waals surface area contributed by atoms with Gasteiger partial charge in [0, 0.05) is 31.1 Å². The van der Waals surface area contributed by atoms with Gasteiger partial charge in [0.2, 0.25) is 0 Å². The molecule has 174 valence electrons. The molecule has 2 aromatic heterocycles. The Balaban J connectivity index is 1.53. The van der Waals surface area contributed by atoms with Crippen LogP contribution in [0.2, 0.25) is 0 Å². The summed E-state index contributed by atoms with van der Waals surface area (Å²) in [6, 6.07) is 14.7. The third-order valence-electron chi connectivity index (χ3n) is 5.21. The molecule has 0 aliphatic carbocycles. The number of ether oxygens (including phenoxy) is 1. The number of amides is 2. The number of pyridine rings is 1. The van der Waals surface area contributed by atoms with Crippen LogP contribution < -0.4 is 10.6 Å². The molecule has 9 nitrogen and oxygen atoms in total. The average molecular weight is 459 g/mol. The van der Waals surface area contributed by atoms with E-state index in [1.165, 1.54) is 6.20 Å². The van der Waals surface area contributed by atoms with Gasteiger partial charge in [0.25, 0.3) is 11.8 Å². The zero-order chi connectivity index (χ0) is 23.8. The minimum absolute atomic E-state index is 0.151. The zero-order valence-corrected chi connectivity index (χ0v) is 18.9. The summed E-state index contributed by atoms with van der Waals surface area (Å²) < 4.78 is 7.12. The van der Waals surface area contributed by atoms with E-state index in [2.05, 4.69) is 25.9 Å². The SMILES string of the molecule is CCCOCCNC(=O)c1ncccc1NC(=O)c1ccc(Cn2ccnn2)c2ccccc12. The molecule has 9 heteroatoms. The number of hydrogen-bond donors (Lipinski definition) is 2. The Morgan fingerprint density at radius 2 is 1.82 bits per heavy atom. The highest BCUT2D eigenvalue weighted by atomic mass is 16.5. The van der Waals surface area contributed by atoms with Crippen LogP contribution in [0.4, 0.5) is 5.69 Å². The Kier molecular flexibility index (Phi) is 7.56. The van der Waals surface area contributed by atoms with Crippen LogP contribution in [0.1, 0.15) is 39.8 Å². The second-order valence-electron chi connectivity index (χ2n) is 7.64. The van der Waals surface area contributed by atoms with Crippen LogP contribution in [0.25, 0.3) is 10.8 Å². The Morgan fingerprint density at radius 1 is 0.971 bits per heavy atom. The zero-order valence-electron chi connectivity index (χ0n) is 18.9. The maximum Gasteiger partial charge on any atom is 0.272 e. The molecule has 0 aliphatic rings. The summed E-state index contributed by atoms with van der Waals surface area (Å²) in [5.74, 6) is -0.694. The Bertz CT molecular complexity index is 1270. The van der Waals surface area contributed by atoms with E-state index in [9.17, 15) is 9.59 Å². The molecule has 0 unspecified atom stereocenters. The summed E-state index contributed by atoms with van der Waals surface area (Å²) in [6.45, 7) is 3.99. The van der Waals surface area contributed by atoms with Gasteiger partial charge in [-0.3, -0.25) is 9.59 Å². The van der Waals surface area contributed by atoms with Gasteiger partial charge in [0.1, 0.15) is 0 Å². The lowest BCUT2D eigenvalue weighted by Gasteiger charge is -2.13. The summed E-state index contributed by atoms with van der Waals surface area (Å²) in [5, 5.41) is 15.3.